The number of fused-ring (bicyclic) bond motifs is 1. The Morgan fingerprint density at radius 2 is 1.89 bits per heavy atom. The van der Waals surface area contributed by atoms with Gasteiger partial charge in [-0.2, -0.15) is 0 Å². The van der Waals surface area contributed by atoms with E-state index in [0.717, 1.165) is 0 Å². The van der Waals surface area contributed by atoms with Crippen LogP contribution in [0.2, 0.25) is 0 Å². The Hall–Kier alpha value is -1.37. The van der Waals surface area contributed by atoms with Crippen LogP contribution in [-0.4, -0.2) is 23.9 Å². The molecule has 0 fully saturated rings. The first kappa shape index (κ1) is 14.0. The van der Waals surface area contributed by atoms with Crippen molar-refractivity contribution in [2.75, 3.05) is 13.1 Å². The standard InChI is InChI=1S/C14H14INO3/c1-3-16(4-2)14(18)11-12(17)9-7-5-6-8-10(9)19-13(11)15/h5-8H,3-4H2,1-2H3. The number of para-hydroxylation sites is 1. The Morgan fingerprint density at radius 1 is 1.26 bits per heavy atom. The van der Waals surface area contributed by atoms with Gasteiger partial charge in [-0.1, -0.05) is 12.1 Å². The fraction of sp³-hybridized carbons (Fsp3) is 0.286. The highest BCUT2D eigenvalue weighted by molar-refractivity contribution is 14.1. The van der Waals surface area contributed by atoms with Gasteiger partial charge in [-0.15, -0.1) is 0 Å². The van der Waals surface area contributed by atoms with Gasteiger partial charge >= 0.3 is 0 Å². The molecule has 0 aliphatic heterocycles. The van der Waals surface area contributed by atoms with E-state index in [1.807, 2.05) is 36.4 Å². The Bertz CT molecular complexity index is 674. The molecule has 5 heteroatoms. The topological polar surface area (TPSA) is 50.5 Å². The van der Waals surface area contributed by atoms with E-state index in [1.54, 1.807) is 29.2 Å². The lowest BCUT2D eigenvalue weighted by molar-refractivity contribution is 0.0768. The average molecular weight is 371 g/mol. The summed E-state index contributed by atoms with van der Waals surface area (Å²) in [5.74, 6) is -0.270. The summed E-state index contributed by atoms with van der Waals surface area (Å²) in [5.41, 5.74) is 0.374. The van der Waals surface area contributed by atoms with Crippen LogP contribution >= 0.6 is 22.6 Å². The molecule has 1 heterocycles. The molecule has 0 aliphatic rings. The largest absolute Gasteiger partial charge is 0.449 e. The van der Waals surface area contributed by atoms with Crippen LogP contribution in [0, 0.1) is 3.77 Å². The van der Waals surface area contributed by atoms with Crippen molar-refractivity contribution in [2.45, 2.75) is 13.8 Å². The van der Waals surface area contributed by atoms with Crippen LogP contribution in [0.1, 0.15) is 24.2 Å². The lowest BCUT2D eigenvalue weighted by Gasteiger charge is -2.18. The molecular formula is C14H14INO3. The highest BCUT2D eigenvalue weighted by Gasteiger charge is 2.22. The summed E-state index contributed by atoms with van der Waals surface area (Å²) in [6.07, 6.45) is 0. The summed E-state index contributed by atoms with van der Waals surface area (Å²) < 4.78 is 5.92. The third kappa shape index (κ3) is 2.51. The molecule has 1 amide bonds. The van der Waals surface area contributed by atoms with Crippen molar-refractivity contribution in [3.8, 4) is 0 Å². The minimum Gasteiger partial charge on any atom is -0.449 e. The van der Waals surface area contributed by atoms with Crippen LogP contribution in [0.5, 0.6) is 0 Å². The Morgan fingerprint density at radius 3 is 2.53 bits per heavy atom. The molecule has 1 aromatic heterocycles. The summed E-state index contributed by atoms with van der Waals surface area (Å²) in [7, 11) is 0. The van der Waals surface area contributed by atoms with Gasteiger partial charge < -0.3 is 9.32 Å². The van der Waals surface area contributed by atoms with E-state index in [2.05, 4.69) is 0 Å². The first-order valence-corrected chi connectivity index (χ1v) is 7.18. The quantitative estimate of drug-likeness (QED) is 0.780. The number of hydrogen-bond acceptors (Lipinski definition) is 3. The van der Waals surface area contributed by atoms with Crippen LogP contribution in [0.4, 0.5) is 0 Å². The van der Waals surface area contributed by atoms with Crippen molar-refractivity contribution in [1.29, 1.82) is 0 Å². The SMILES string of the molecule is CCN(CC)C(=O)c1c(I)oc2ccccc2c1=O. The second-order valence-electron chi connectivity index (χ2n) is 4.05. The number of amides is 1. The highest BCUT2D eigenvalue weighted by atomic mass is 127. The van der Waals surface area contributed by atoms with Gasteiger partial charge in [0, 0.05) is 35.7 Å². The Balaban J connectivity index is 2.67. The maximum Gasteiger partial charge on any atom is 0.262 e. The molecule has 0 atom stereocenters. The van der Waals surface area contributed by atoms with Gasteiger partial charge in [0.15, 0.2) is 3.77 Å². The van der Waals surface area contributed by atoms with E-state index in [4.69, 9.17) is 4.42 Å². The second kappa shape index (κ2) is 5.73. The minimum atomic E-state index is -0.270. The van der Waals surface area contributed by atoms with Gasteiger partial charge in [-0.25, -0.2) is 0 Å². The van der Waals surface area contributed by atoms with Crippen molar-refractivity contribution in [1.82, 2.24) is 4.90 Å². The molecule has 0 saturated heterocycles. The third-order valence-corrected chi connectivity index (χ3v) is 3.78. The van der Waals surface area contributed by atoms with Gasteiger partial charge in [0.2, 0.25) is 5.43 Å². The van der Waals surface area contributed by atoms with Crippen LogP contribution < -0.4 is 5.43 Å². The van der Waals surface area contributed by atoms with Crippen molar-refractivity contribution in [2.24, 2.45) is 0 Å². The zero-order valence-corrected chi connectivity index (χ0v) is 12.9. The van der Waals surface area contributed by atoms with E-state index in [9.17, 15) is 9.59 Å². The van der Waals surface area contributed by atoms with Crippen molar-refractivity contribution >= 4 is 39.5 Å². The average Bonchev–Trinajstić information content (AvgIpc) is 2.40. The predicted octanol–water partition coefficient (Wildman–Crippen LogP) is 2.88. The van der Waals surface area contributed by atoms with Gasteiger partial charge in [0.05, 0.1) is 5.39 Å². The van der Waals surface area contributed by atoms with E-state index in [1.165, 1.54) is 0 Å². The van der Waals surface area contributed by atoms with Crippen LogP contribution in [0.15, 0.2) is 33.5 Å². The molecular weight excluding hydrogens is 357 g/mol. The molecule has 2 rings (SSSR count). The third-order valence-electron chi connectivity index (χ3n) is 3.02. The molecule has 0 saturated carbocycles. The van der Waals surface area contributed by atoms with Crippen molar-refractivity contribution in [3.63, 3.8) is 0 Å². The molecule has 0 radical (unpaired) electrons. The highest BCUT2D eigenvalue weighted by Crippen LogP contribution is 2.18. The Kier molecular flexibility index (Phi) is 4.24. The zero-order valence-electron chi connectivity index (χ0n) is 10.8. The molecule has 100 valence electrons. The van der Waals surface area contributed by atoms with Gasteiger partial charge in [0.1, 0.15) is 11.1 Å². The van der Waals surface area contributed by atoms with E-state index in [0.29, 0.717) is 27.8 Å². The van der Waals surface area contributed by atoms with E-state index < -0.39 is 0 Å². The normalized spacial score (nSPS) is 10.7. The molecule has 2 aromatic rings. The van der Waals surface area contributed by atoms with Crippen LogP contribution in [-0.2, 0) is 0 Å². The first-order valence-electron chi connectivity index (χ1n) is 6.10. The first-order chi connectivity index (χ1) is 9.10. The molecule has 1 aromatic carbocycles. The molecule has 4 nitrogen and oxygen atoms in total. The van der Waals surface area contributed by atoms with Crippen LogP contribution in [0.3, 0.4) is 0 Å². The van der Waals surface area contributed by atoms with Crippen molar-refractivity contribution in [3.05, 3.63) is 43.8 Å². The maximum atomic E-state index is 12.4. The number of rotatable bonds is 3. The monoisotopic (exact) mass is 371 g/mol. The van der Waals surface area contributed by atoms with Crippen molar-refractivity contribution < 1.29 is 9.21 Å². The summed E-state index contributed by atoms with van der Waals surface area (Å²) in [6, 6.07) is 6.96. The number of carbonyl (C=O) groups is 1. The lowest BCUT2D eigenvalue weighted by atomic mass is 10.1. The zero-order chi connectivity index (χ0) is 14.0. The minimum absolute atomic E-state index is 0.128. The summed E-state index contributed by atoms with van der Waals surface area (Å²) in [4.78, 5) is 26.4. The predicted molar refractivity (Wildman–Crippen MR) is 82.5 cm³/mol. The lowest BCUT2D eigenvalue weighted by Crippen LogP contribution is -2.34. The van der Waals surface area contributed by atoms with E-state index >= 15 is 0 Å². The molecule has 0 aliphatic carbocycles. The van der Waals surface area contributed by atoms with Gasteiger partial charge in [-0.05, 0) is 26.0 Å². The molecule has 19 heavy (non-hydrogen) atoms. The number of halogens is 1. The van der Waals surface area contributed by atoms with Crippen LogP contribution in [0.25, 0.3) is 11.0 Å². The summed E-state index contributed by atoms with van der Waals surface area (Å²) in [5, 5.41) is 0.443. The number of nitrogens with zero attached hydrogens (tertiary/aromatic N) is 1. The second-order valence-corrected chi connectivity index (χ2v) is 5.03. The van der Waals surface area contributed by atoms with E-state index in [-0.39, 0.29) is 16.9 Å². The Labute approximate surface area is 124 Å². The fourth-order valence-electron chi connectivity index (χ4n) is 1.96. The maximum absolute atomic E-state index is 12.4. The smallest absolute Gasteiger partial charge is 0.262 e. The summed E-state index contributed by atoms with van der Waals surface area (Å²) >= 11 is 1.90. The number of benzene rings is 1. The molecule has 0 bridgehead atoms. The summed E-state index contributed by atoms with van der Waals surface area (Å²) in [6.45, 7) is 4.91. The number of hydrogen-bond donors (Lipinski definition) is 0. The molecule has 0 unspecified atom stereocenters. The van der Waals surface area contributed by atoms with Gasteiger partial charge in [0.25, 0.3) is 5.91 Å². The fourth-order valence-corrected chi connectivity index (χ4v) is 2.68. The van der Waals surface area contributed by atoms with Gasteiger partial charge in [-0.3, -0.25) is 9.59 Å². The molecule has 0 N–H and O–H groups in total. The number of carbonyl (C=O) groups excluding carboxylic acids is 1. The molecule has 0 spiro atoms.